The zero-order valence-corrected chi connectivity index (χ0v) is 17.2. The summed E-state index contributed by atoms with van der Waals surface area (Å²) in [6, 6.07) is 8.14. The average molecular weight is 335 g/mol. The quantitative estimate of drug-likeness (QED) is 0.335. The molecule has 0 fully saturated rings. The number of hydrogen-bond acceptors (Lipinski definition) is 3. The maximum Gasteiger partial charge on any atom is 1.00 e. The van der Waals surface area contributed by atoms with Gasteiger partial charge in [0, 0.05) is 0 Å². The van der Waals surface area contributed by atoms with Crippen LogP contribution in [-0.4, -0.2) is 10.2 Å². The van der Waals surface area contributed by atoms with E-state index >= 15 is 0 Å². The maximum absolute atomic E-state index is 11.8. The Hall–Kier alpha value is 0.436. The van der Waals surface area contributed by atoms with Crippen molar-refractivity contribution in [2.45, 2.75) is 33.1 Å². The van der Waals surface area contributed by atoms with E-state index in [0.29, 0.717) is 5.92 Å². The van der Waals surface area contributed by atoms with Gasteiger partial charge in [-0.1, -0.05) is 38.1 Å². The fraction of sp³-hybridized carbons (Fsp3) is 0.429. The Bertz CT molecular complexity index is 449. The summed E-state index contributed by atoms with van der Waals surface area (Å²) < 4.78 is 0.132. The van der Waals surface area contributed by atoms with Crippen molar-refractivity contribution in [3.05, 3.63) is 35.4 Å². The second-order valence-corrected chi connectivity index (χ2v) is 6.04. The van der Waals surface area contributed by atoms with Crippen LogP contribution in [-0.2, 0) is 23.8 Å². The fourth-order valence-corrected chi connectivity index (χ4v) is 1.89. The van der Waals surface area contributed by atoms with Gasteiger partial charge in [0.2, 0.25) is 5.91 Å². The molecule has 1 unspecified atom stereocenters. The van der Waals surface area contributed by atoms with Crippen LogP contribution in [0.25, 0.3) is 0 Å². The molecule has 0 aliphatic heterocycles. The first-order chi connectivity index (χ1) is 8.90. The summed E-state index contributed by atoms with van der Waals surface area (Å²) in [5, 5.41) is 0. The molecule has 1 rings (SSSR count). The van der Waals surface area contributed by atoms with Crippen molar-refractivity contribution in [1.82, 2.24) is 10.9 Å². The molecule has 104 valence electrons. The number of rotatable bonds is 4. The number of carbonyl (C=O) groups is 1. The topological polar surface area (TPSA) is 41.1 Å². The number of hydrogen-bond donors (Lipinski definition) is 2. The molecule has 1 atom stereocenters. The monoisotopic (exact) mass is 334 g/mol. The Kier molecular flexibility index (Phi) is 10.4. The molecule has 0 spiro atoms. The average Bonchev–Trinajstić information content (AvgIpc) is 2.35. The normalized spacial score (nSPS) is 11.4. The minimum absolute atomic E-state index is 0. The molecule has 0 bridgehead atoms. The number of benzene rings is 1. The standard InChI is InChI=1S/C14H20N2OS2.K/c1-9(2)8-11-4-6-12(7-5-11)10(3)13(17)15-16-14(18)19;/h4-7,9-10H,8H2,1-3H3,(H,15,17)(H2,16,18,19);/q;+1/p-1. The molecule has 6 heteroatoms. The molecule has 0 saturated carbocycles. The van der Waals surface area contributed by atoms with Crippen LogP contribution >= 0.6 is 12.2 Å². The molecule has 0 aliphatic rings. The second kappa shape index (κ2) is 10.2. The summed E-state index contributed by atoms with van der Waals surface area (Å²) in [5.74, 6) is 0.234. The number of thiocarbonyl (C=S) groups is 1. The zero-order valence-electron chi connectivity index (χ0n) is 12.4. The van der Waals surface area contributed by atoms with Gasteiger partial charge in [0.15, 0.2) is 0 Å². The molecule has 1 aromatic rings. The van der Waals surface area contributed by atoms with E-state index < -0.39 is 0 Å². The number of hydrazine groups is 1. The third kappa shape index (κ3) is 7.45. The van der Waals surface area contributed by atoms with Crippen LogP contribution in [0.3, 0.4) is 0 Å². The van der Waals surface area contributed by atoms with Gasteiger partial charge in [-0.3, -0.25) is 10.2 Å². The molecule has 1 aromatic carbocycles. The van der Waals surface area contributed by atoms with Crippen molar-refractivity contribution < 1.29 is 56.2 Å². The van der Waals surface area contributed by atoms with Crippen LogP contribution in [0.15, 0.2) is 24.3 Å². The molecule has 0 radical (unpaired) electrons. The van der Waals surface area contributed by atoms with E-state index in [1.54, 1.807) is 0 Å². The van der Waals surface area contributed by atoms with Crippen LogP contribution in [0.1, 0.15) is 37.8 Å². The van der Waals surface area contributed by atoms with Crippen LogP contribution in [0.5, 0.6) is 0 Å². The van der Waals surface area contributed by atoms with E-state index in [-0.39, 0.29) is 67.5 Å². The second-order valence-electron chi connectivity index (χ2n) is 4.96. The fourth-order valence-electron chi connectivity index (χ4n) is 1.79. The van der Waals surface area contributed by atoms with Gasteiger partial charge in [-0.05, 0) is 34.7 Å². The van der Waals surface area contributed by atoms with Crippen LogP contribution in [0, 0.1) is 5.92 Å². The van der Waals surface area contributed by atoms with E-state index in [9.17, 15) is 4.79 Å². The van der Waals surface area contributed by atoms with Crippen molar-refractivity contribution in [2.24, 2.45) is 5.92 Å². The summed E-state index contributed by atoms with van der Waals surface area (Å²) in [5.41, 5.74) is 7.24. The zero-order chi connectivity index (χ0) is 14.4. The minimum atomic E-state index is -0.245. The summed E-state index contributed by atoms with van der Waals surface area (Å²) in [6.45, 7) is 6.22. The van der Waals surface area contributed by atoms with Gasteiger partial charge in [0.05, 0.1) is 5.92 Å². The van der Waals surface area contributed by atoms with Crippen molar-refractivity contribution in [3.63, 3.8) is 0 Å². The summed E-state index contributed by atoms with van der Waals surface area (Å²) in [4.78, 5) is 11.8. The SMILES string of the molecule is CC(C)Cc1ccc(C(C)C(=O)NNC(=S)[S-])cc1.[K+]. The molecule has 3 nitrogen and oxygen atoms in total. The van der Waals surface area contributed by atoms with Gasteiger partial charge in [-0.15, -0.1) is 0 Å². The maximum atomic E-state index is 11.8. The molecule has 0 heterocycles. The molecule has 2 N–H and O–H groups in total. The number of nitrogens with one attached hydrogen (secondary N) is 2. The Balaban J connectivity index is 0.00000361. The first kappa shape index (κ1) is 20.4. The van der Waals surface area contributed by atoms with Gasteiger partial charge < -0.3 is 30.3 Å². The van der Waals surface area contributed by atoms with E-state index in [1.807, 2.05) is 19.1 Å². The molecular weight excluding hydrogens is 315 g/mol. The van der Waals surface area contributed by atoms with Crippen molar-refractivity contribution >= 4 is 35.1 Å². The summed E-state index contributed by atoms with van der Waals surface area (Å²) in [7, 11) is 0. The largest absolute Gasteiger partial charge is 1.00 e. The Morgan fingerprint density at radius 1 is 1.20 bits per heavy atom. The molecule has 0 aliphatic carbocycles. The van der Waals surface area contributed by atoms with E-state index in [1.165, 1.54) is 5.56 Å². The van der Waals surface area contributed by atoms with Gasteiger partial charge in [-0.25, -0.2) is 0 Å². The van der Waals surface area contributed by atoms with E-state index in [0.717, 1.165) is 12.0 Å². The van der Waals surface area contributed by atoms with Crippen LogP contribution in [0.2, 0.25) is 0 Å². The smallest absolute Gasteiger partial charge is 0.410 e. The van der Waals surface area contributed by atoms with E-state index in [2.05, 4.69) is 61.7 Å². The molecule has 0 aromatic heterocycles. The van der Waals surface area contributed by atoms with Gasteiger partial charge in [0.1, 0.15) is 0 Å². The van der Waals surface area contributed by atoms with Crippen LogP contribution < -0.4 is 62.2 Å². The molecular formula is C14H19KN2OS2. The Morgan fingerprint density at radius 2 is 1.75 bits per heavy atom. The third-order valence-corrected chi connectivity index (χ3v) is 3.01. The van der Waals surface area contributed by atoms with Gasteiger partial charge >= 0.3 is 51.4 Å². The first-order valence-corrected chi connectivity index (χ1v) is 7.07. The van der Waals surface area contributed by atoms with Gasteiger partial charge in [0.25, 0.3) is 0 Å². The number of amides is 1. The predicted molar refractivity (Wildman–Crippen MR) is 84.6 cm³/mol. The summed E-state index contributed by atoms with van der Waals surface area (Å²) in [6.07, 6.45) is 1.05. The van der Waals surface area contributed by atoms with E-state index in [4.69, 9.17) is 0 Å². The number of carbonyl (C=O) groups excluding carboxylic acids is 1. The minimum Gasteiger partial charge on any atom is -0.410 e. The molecule has 1 amide bonds. The molecule has 0 saturated heterocycles. The third-order valence-electron chi connectivity index (χ3n) is 2.80. The Morgan fingerprint density at radius 3 is 2.20 bits per heavy atom. The van der Waals surface area contributed by atoms with Crippen molar-refractivity contribution in [3.8, 4) is 0 Å². The Labute approximate surface area is 174 Å². The molecule has 20 heavy (non-hydrogen) atoms. The van der Waals surface area contributed by atoms with Crippen molar-refractivity contribution in [2.75, 3.05) is 0 Å². The van der Waals surface area contributed by atoms with Crippen LogP contribution in [0.4, 0.5) is 0 Å². The predicted octanol–water partition coefficient (Wildman–Crippen LogP) is -0.555. The first-order valence-electron chi connectivity index (χ1n) is 6.25. The van der Waals surface area contributed by atoms with Gasteiger partial charge in [-0.2, -0.15) is 0 Å². The van der Waals surface area contributed by atoms with Crippen molar-refractivity contribution in [1.29, 1.82) is 0 Å². The summed E-state index contributed by atoms with van der Waals surface area (Å²) >= 11 is 9.33.